The summed E-state index contributed by atoms with van der Waals surface area (Å²) < 4.78 is 0. The highest BCUT2D eigenvalue weighted by Gasteiger charge is 2.28. The van der Waals surface area contributed by atoms with Crippen molar-refractivity contribution in [1.29, 1.82) is 0 Å². The lowest BCUT2D eigenvalue weighted by Crippen LogP contribution is -2.40. The molecule has 0 saturated heterocycles. The molecule has 86 valence electrons. The first-order valence-corrected chi connectivity index (χ1v) is 5.25. The van der Waals surface area contributed by atoms with Gasteiger partial charge in [0.15, 0.2) is 5.78 Å². The van der Waals surface area contributed by atoms with Crippen LogP contribution in [0.15, 0.2) is 18.2 Å². The van der Waals surface area contributed by atoms with Gasteiger partial charge in [0.05, 0.1) is 6.54 Å². The first-order chi connectivity index (χ1) is 7.50. The van der Waals surface area contributed by atoms with E-state index in [9.17, 15) is 9.90 Å². The summed E-state index contributed by atoms with van der Waals surface area (Å²) in [6, 6.07) is 5.65. The minimum absolute atomic E-state index is 0.182. The minimum atomic E-state index is -0.900. The maximum atomic E-state index is 11.8. The van der Waals surface area contributed by atoms with Crippen molar-refractivity contribution >= 4 is 17.2 Å². The lowest BCUT2D eigenvalue weighted by Gasteiger charge is -2.30. The second kappa shape index (κ2) is 3.79. The van der Waals surface area contributed by atoms with Crippen molar-refractivity contribution in [3.63, 3.8) is 0 Å². The van der Waals surface area contributed by atoms with Crippen molar-refractivity contribution in [3.05, 3.63) is 23.8 Å². The standard InChI is InChI=1S/C12H16N2O2/c1-13(2)8-4-5-9-10(6-8)14(3)7-11(15)12(9)16/h4-6,11,15H,7H2,1-3H3. The quantitative estimate of drug-likeness (QED) is 0.758. The van der Waals surface area contributed by atoms with Gasteiger partial charge in [0.1, 0.15) is 6.10 Å². The second-order valence-electron chi connectivity index (χ2n) is 4.36. The van der Waals surface area contributed by atoms with E-state index in [0.29, 0.717) is 12.1 Å². The molecular formula is C12H16N2O2. The lowest BCUT2D eigenvalue weighted by atomic mass is 9.98. The Morgan fingerprint density at radius 3 is 2.75 bits per heavy atom. The fraction of sp³-hybridized carbons (Fsp3) is 0.417. The number of carbonyl (C=O) groups excluding carboxylic acids is 1. The zero-order chi connectivity index (χ0) is 11.9. The van der Waals surface area contributed by atoms with E-state index < -0.39 is 6.10 Å². The molecule has 0 amide bonds. The summed E-state index contributed by atoms with van der Waals surface area (Å²) in [5.74, 6) is -0.182. The first-order valence-electron chi connectivity index (χ1n) is 5.25. The molecule has 0 aliphatic carbocycles. The number of fused-ring (bicyclic) bond motifs is 1. The summed E-state index contributed by atoms with van der Waals surface area (Å²) >= 11 is 0. The Morgan fingerprint density at radius 1 is 1.44 bits per heavy atom. The summed E-state index contributed by atoms with van der Waals surface area (Å²) in [7, 11) is 5.80. The van der Waals surface area contributed by atoms with Crippen LogP contribution in [0.4, 0.5) is 11.4 Å². The molecule has 1 N–H and O–H groups in total. The number of aliphatic hydroxyl groups is 1. The molecule has 1 aliphatic heterocycles. The lowest BCUT2D eigenvalue weighted by molar-refractivity contribution is 0.0749. The summed E-state index contributed by atoms with van der Waals surface area (Å²) in [6.45, 7) is 0.364. The van der Waals surface area contributed by atoms with Gasteiger partial charge < -0.3 is 14.9 Å². The van der Waals surface area contributed by atoms with E-state index in [1.165, 1.54) is 0 Å². The van der Waals surface area contributed by atoms with Crippen LogP contribution in [0, 0.1) is 0 Å². The highest BCUT2D eigenvalue weighted by atomic mass is 16.3. The van der Waals surface area contributed by atoms with E-state index in [4.69, 9.17) is 0 Å². The van der Waals surface area contributed by atoms with E-state index in [-0.39, 0.29) is 5.78 Å². The van der Waals surface area contributed by atoms with Crippen molar-refractivity contribution in [2.45, 2.75) is 6.10 Å². The Kier molecular flexibility index (Phi) is 2.59. The molecule has 4 nitrogen and oxygen atoms in total. The third-order valence-electron chi connectivity index (χ3n) is 2.92. The van der Waals surface area contributed by atoms with Gasteiger partial charge in [-0.05, 0) is 18.2 Å². The molecule has 2 rings (SSSR count). The predicted octanol–water partition coefficient (Wildman–Crippen LogP) is 0.746. The molecule has 1 aromatic rings. The highest BCUT2D eigenvalue weighted by Crippen LogP contribution is 2.29. The zero-order valence-electron chi connectivity index (χ0n) is 9.77. The van der Waals surface area contributed by atoms with Crippen molar-refractivity contribution in [3.8, 4) is 0 Å². The highest BCUT2D eigenvalue weighted by molar-refractivity contribution is 6.06. The van der Waals surface area contributed by atoms with Gasteiger partial charge in [0.2, 0.25) is 0 Å². The number of carbonyl (C=O) groups is 1. The Hall–Kier alpha value is -1.55. The van der Waals surface area contributed by atoms with Crippen LogP contribution in [0.2, 0.25) is 0 Å². The van der Waals surface area contributed by atoms with Crippen LogP contribution in [-0.2, 0) is 0 Å². The number of ketones is 1. The van der Waals surface area contributed by atoms with Gasteiger partial charge in [-0.2, -0.15) is 0 Å². The van der Waals surface area contributed by atoms with E-state index in [1.807, 2.05) is 43.1 Å². The third-order valence-corrected chi connectivity index (χ3v) is 2.92. The van der Waals surface area contributed by atoms with Crippen LogP contribution >= 0.6 is 0 Å². The Morgan fingerprint density at radius 2 is 2.12 bits per heavy atom. The number of anilines is 2. The molecule has 0 aromatic heterocycles. The van der Waals surface area contributed by atoms with Gasteiger partial charge in [0, 0.05) is 38.1 Å². The third kappa shape index (κ3) is 1.65. The van der Waals surface area contributed by atoms with Crippen LogP contribution in [0.3, 0.4) is 0 Å². The van der Waals surface area contributed by atoms with E-state index in [0.717, 1.165) is 11.4 Å². The van der Waals surface area contributed by atoms with Crippen molar-refractivity contribution < 1.29 is 9.90 Å². The van der Waals surface area contributed by atoms with Gasteiger partial charge in [-0.25, -0.2) is 0 Å². The van der Waals surface area contributed by atoms with Crippen LogP contribution in [0.1, 0.15) is 10.4 Å². The molecule has 0 saturated carbocycles. The molecule has 1 unspecified atom stereocenters. The molecule has 16 heavy (non-hydrogen) atoms. The van der Waals surface area contributed by atoms with Gasteiger partial charge in [-0.1, -0.05) is 0 Å². The molecule has 4 heteroatoms. The van der Waals surface area contributed by atoms with Gasteiger partial charge in [-0.3, -0.25) is 4.79 Å². The van der Waals surface area contributed by atoms with Crippen LogP contribution in [0.25, 0.3) is 0 Å². The van der Waals surface area contributed by atoms with E-state index in [2.05, 4.69) is 0 Å². The molecule has 1 aromatic carbocycles. The predicted molar refractivity (Wildman–Crippen MR) is 64.4 cm³/mol. The Balaban J connectivity index is 2.50. The van der Waals surface area contributed by atoms with E-state index >= 15 is 0 Å². The monoisotopic (exact) mass is 220 g/mol. The summed E-state index contributed by atoms with van der Waals surface area (Å²) in [4.78, 5) is 15.7. The fourth-order valence-corrected chi connectivity index (χ4v) is 1.94. The summed E-state index contributed by atoms with van der Waals surface area (Å²) in [5.41, 5.74) is 2.54. The van der Waals surface area contributed by atoms with Crippen LogP contribution < -0.4 is 9.80 Å². The number of β-amino-alcohol motifs (C(OH)–C–C–N with tert-alkyl or cyclic N) is 1. The van der Waals surface area contributed by atoms with Gasteiger partial charge in [-0.15, -0.1) is 0 Å². The van der Waals surface area contributed by atoms with Gasteiger partial charge >= 0.3 is 0 Å². The average molecular weight is 220 g/mol. The van der Waals surface area contributed by atoms with Crippen molar-refractivity contribution in [1.82, 2.24) is 0 Å². The maximum absolute atomic E-state index is 11.8. The second-order valence-corrected chi connectivity index (χ2v) is 4.36. The Labute approximate surface area is 95.1 Å². The fourth-order valence-electron chi connectivity index (χ4n) is 1.94. The minimum Gasteiger partial charge on any atom is -0.383 e. The van der Waals surface area contributed by atoms with Crippen molar-refractivity contribution in [2.24, 2.45) is 0 Å². The Bertz CT molecular complexity index is 429. The number of Topliss-reactive ketones (excluding diaryl/α,β-unsaturated/α-hetero) is 1. The molecular weight excluding hydrogens is 204 g/mol. The zero-order valence-corrected chi connectivity index (χ0v) is 9.77. The number of aliphatic hydroxyl groups excluding tert-OH is 1. The molecule has 0 spiro atoms. The van der Waals surface area contributed by atoms with Gasteiger partial charge in [0.25, 0.3) is 0 Å². The van der Waals surface area contributed by atoms with Crippen LogP contribution in [0.5, 0.6) is 0 Å². The average Bonchev–Trinajstić information content (AvgIpc) is 2.25. The summed E-state index contributed by atoms with van der Waals surface area (Å²) in [5, 5.41) is 9.57. The topological polar surface area (TPSA) is 43.8 Å². The van der Waals surface area contributed by atoms with Crippen LogP contribution in [-0.4, -0.2) is 44.7 Å². The normalized spacial score (nSPS) is 19.6. The van der Waals surface area contributed by atoms with Crippen molar-refractivity contribution in [2.75, 3.05) is 37.5 Å². The number of benzene rings is 1. The smallest absolute Gasteiger partial charge is 0.195 e. The largest absolute Gasteiger partial charge is 0.383 e. The molecule has 0 radical (unpaired) electrons. The summed E-state index contributed by atoms with van der Waals surface area (Å²) in [6.07, 6.45) is -0.900. The molecule has 0 fully saturated rings. The number of nitrogens with zero attached hydrogens (tertiary/aromatic N) is 2. The first kappa shape index (κ1) is 11.0. The maximum Gasteiger partial charge on any atom is 0.195 e. The number of hydrogen-bond acceptors (Lipinski definition) is 4. The molecule has 1 aliphatic rings. The molecule has 0 bridgehead atoms. The molecule has 1 heterocycles. The molecule has 1 atom stereocenters. The number of rotatable bonds is 1. The SMILES string of the molecule is CN(C)c1ccc2c(c1)N(C)CC(O)C2=O. The number of likely N-dealkylation sites (N-methyl/N-ethyl adjacent to an activating group) is 1. The van der Waals surface area contributed by atoms with E-state index in [1.54, 1.807) is 6.07 Å². The number of hydrogen-bond donors (Lipinski definition) is 1.